The van der Waals surface area contributed by atoms with Crippen molar-refractivity contribution < 1.29 is 13.7 Å². The number of nitrogens with zero attached hydrogens (tertiary/aromatic N) is 2. The monoisotopic (exact) mass is 330 g/mol. The lowest BCUT2D eigenvalue weighted by Crippen LogP contribution is -2.31. The summed E-state index contributed by atoms with van der Waals surface area (Å²) in [6.45, 7) is 1.67. The highest BCUT2D eigenvalue weighted by Gasteiger charge is 2.24. The maximum atomic E-state index is 13.2. The summed E-state index contributed by atoms with van der Waals surface area (Å²) in [5.41, 5.74) is 6.50. The SMILES string of the molecule is Cc1nc(C(NC(=O)C[C@H]2C=C[C@@H](N)C2)c2ccc(F)cc2)no1. The van der Waals surface area contributed by atoms with Gasteiger partial charge >= 0.3 is 0 Å². The molecule has 3 atom stereocenters. The number of amides is 1. The Balaban J connectivity index is 1.76. The predicted molar refractivity (Wildman–Crippen MR) is 85.3 cm³/mol. The zero-order chi connectivity index (χ0) is 17.1. The third-order valence-electron chi connectivity index (χ3n) is 3.96. The van der Waals surface area contributed by atoms with Gasteiger partial charge in [0.15, 0.2) is 5.82 Å². The van der Waals surface area contributed by atoms with E-state index in [1.54, 1.807) is 19.1 Å². The molecule has 1 aromatic carbocycles. The topological polar surface area (TPSA) is 94.0 Å². The molecular weight excluding hydrogens is 311 g/mol. The number of nitrogens with one attached hydrogen (secondary N) is 1. The highest BCUT2D eigenvalue weighted by molar-refractivity contribution is 5.77. The van der Waals surface area contributed by atoms with Crippen molar-refractivity contribution in [3.63, 3.8) is 0 Å². The van der Waals surface area contributed by atoms with Crippen LogP contribution in [0.2, 0.25) is 0 Å². The van der Waals surface area contributed by atoms with Crippen molar-refractivity contribution in [1.82, 2.24) is 15.5 Å². The zero-order valence-electron chi connectivity index (χ0n) is 13.3. The molecule has 3 N–H and O–H groups in total. The minimum absolute atomic E-state index is 0.00977. The molecular formula is C17H19FN4O2. The Morgan fingerprint density at radius 1 is 1.42 bits per heavy atom. The van der Waals surface area contributed by atoms with Gasteiger partial charge in [0.1, 0.15) is 11.9 Å². The number of nitrogens with two attached hydrogens (primary N) is 1. The first-order valence-electron chi connectivity index (χ1n) is 7.80. The van der Waals surface area contributed by atoms with Gasteiger partial charge in [0.05, 0.1) is 0 Å². The Morgan fingerprint density at radius 2 is 2.17 bits per heavy atom. The van der Waals surface area contributed by atoms with E-state index in [1.165, 1.54) is 12.1 Å². The highest BCUT2D eigenvalue weighted by atomic mass is 19.1. The van der Waals surface area contributed by atoms with Crippen molar-refractivity contribution in [3.05, 3.63) is 59.5 Å². The summed E-state index contributed by atoms with van der Waals surface area (Å²) in [4.78, 5) is 16.6. The molecule has 6 nitrogen and oxygen atoms in total. The van der Waals surface area contributed by atoms with Gasteiger partial charge in [0.25, 0.3) is 0 Å². The number of hydrogen-bond acceptors (Lipinski definition) is 5. The normalized spacial score (nSPS) is 21.0. The molecule has 7 heteroatoms. The number of aryl methyl sites for hydroxylation is 1. The maximum absolute atomic E-state index is 13.2. The smallest absolute Gasteiger partial charge is 0.223 e. The number of allylic oxidation sites excluding steroid dienone is 1. The van der Waals surface area contributed by atoms with Crippen LogP contribution in [0.4, 0.5) is 4.39 Å². The third kappa shape index (κ3) is 3.86. The quantitative estimate of drug-likeness (QED) is 0.818. The predicted octanol–water partition coefficient (Wildman–Crippen LogP) is 2.02. The summed E-state index contributed by atoms with van der Waals surface area (Å²) in [5.74, 6) is 0.372. The lowest BCUT2D eigenvalue weighted by atomic mass is 10.0. The number of aromatic nitrogens is 2. The van der Waals surface area contributed by atoms with E-state index in [0.29, 0.717) is 23.7 Å². The van der Waals surface area contributed by atoms with E-state index in [0.717, 1.165) is 6.42 Å². The van der Waals surface area contributed by atoms with Gasteiger partial charge in [-0.05, 0) is 30.0 Å². The molecule has 0 radical (unpaired) electrons. The molecule has 3 rings (SSSR count). The average Bonchev–Trinajstić information content (AvgIpc) is 3.14. The van der Waals surface area contributed by atoms with Gasteiger partial charge in [0.2, 0.25) is 11.8 Å². The molecule has 0 aliphatic heterocycles. The number of carbonyl (C=O) groups is 1. The van der Waals surface area contributed by atoms with Gasteiger partial charge in [-0.15, -0.1) is 0 Å². The number of hydrogen-bond donors (Lipinski definition) is 2. The highest BCUT2D eigenvalue weighted by Crippen LogP contribution is 2.23. The van der Waals surface area contributed by atoms with E-state index in [9.17, 15) is 9.18 Å². The van der Waals surface area contributed by atoms with Crippen LogP contribution in [0, 0.1) is 18.7 Å². The summed E-state index contributed by atoms with van der Waals surface area (Å²) < 4.78 is 18.2. The molecule has 0 spiro atoms. The van der Waals surface area contributed by atoms with Crippen molar-refractivity contribution in [1.29, 1.82) is 0 Å². The summed E-state index contributed by atoms with van der Waals surface area (Å²) in [6.07, 6.45) is 4.97. The second-order valence-corrected chi connectivity index (χ2v) is 5.97. The minimum Gasteiger partial charge on any atom is -0.342 e. The molecule has 1 aliphatic carbocycles. The van der Waals surface area contributed by atoms with Crippen LogP contribution in [0.15, 0.2) is 40.9 Å². The number of rotatable bonds is 5. The number of benzene rings is 1. The first-order chi connectivity index (χ1) is 11.5. The zero-order valence-corrected chi connectivity index (χ0v) is 13.3. The Labute approximate surface area is 138 Å². The molecule has 1 aromatic heterocycles. The molecule has 1 unspecified atom stereocenters. The molecule has 0 saturated heterocycles. The number of halogens is 1. The average molecular weight is 330 g/mol. The summed E-state index contributed by atoms with van der Waals surface area (Å²) in [7, 11) is 0. The van der Waals surface area contributed by atoms with Crippen molar-refractivity contribution in [2.45, 2.75) is 31.8 Å². The molecule has 24 heavy (non-hydrogen) atoms. The van der Waals surface area contributed by atoms with Crippen LogP contribution in [0.25, 0.3) is 0 Å². The second-order valence-electron chi connectivity index (χ2n) is 5.97. The van der Waals surface area contributed by atoms with Crippen LogP contribution in [0.3, 0.4) is 0 Å². The van der Waals surface area contributed by atoms with Gasteiger partial charge in [-0.25, -0.2) is 4.39 Å². The van der Waals surface area contributed by atoms with Crippen molar-refractivity contribution >= 4 is 5.91 Å². The van der Waals surface area contributed by atoms with E-state index in [2.05, 4.69) is 15.5 Å². The molecule has 1 amide bonds. The van der Waals surface area contributed by atoms with Gasteiger partial charge in [-0.2, -0.15) is 4.98 Å². The molecule has 126 valence electrons. The first kappa shape index (κ1) is 16.3. The van der Waals surface area contributed by atoms with Gasteiger partial charge < -0.3 is 15.6 Å². The van der Waals surface area contributed by atoms with Crippen LogP contribution < -0.4 is 11.1 Å². The molecule has 1 aliphatic rings. The van der Waals surface area contributed by atoms with E-state index in [1.807, 2.05) is 12.2 Å². The Bertz CT molecular complexity index is 741. The van der Waals surface area contributed by atoms with Crippen molar-refractivity contribution in [2.24, 2.45) is 11.7 Å². The van der Waals surface area contributed by atoms with Crippen LogP contribution >= 0.6 is 0 Å². The fraction of sp³-hybridized carbons (Fsp3) is 0.353. The molecule has 0 fully saturated rings. The summed E-state index contributed by atoms with van der Waals surface area (Å²) in [6, 6.07) is 5.28. The largest absolute Gasteiger partial charge is 0.342 e. The summed E-state index contributed by atoms with van der Waals surface area (Å²) in [5, 5.41) is 6.79. The number of carbonyl (C=O) groups excluding carboxylic acids is 1. The van der Waals surface area contributed by atoms with Crippen LogP contribution in [0.5, 0.6) is 0 Å². The minimum atomic E-state index is -0.588. The van der Waals surface area contributed by atoms with Crippen LogP contribution in [-0.2, 0) is 4.79 Å². The lowest BCUT2D eigenvalue weighted by Gasteiger charge is -2.17. The van der Waals surface area contributed by atoms with Crippen molar-refractivity contribution in [3.8, 4) is 0 Å². The molecule has 2 aromatic rings. The molecule has 0 bridgehead atoms. The van der Waals surface area contributed by atoms with Crippen LogP contribution in [-0.4, -0.2) is 22.1 Å². The second kappa shape index (κ2) is 6.92. The fourth-order valence-corrected chi connectivity index (χ4v) is 2.80. The first-order valence-corrected chi connectivity index (χ1v) is 7.80. The van der Waals surface area contributed by atoms with Gasteiger partial charge in [0, 0.05) is 19.4 Å². The molecule has 0 saturated carbocycles. The maximum Gasteiger partial charge on any atom is 0.223 e. The molecule has 1 heterocycles. The van der Waals surface area contributed by atoms with E-state index in [-0.39, 0.29) is 23.7 Å². The van der Waals surface area contributed by atoms with Gasteiger partial charge in [-0.1, -0.05) is 29.4 Å². The summed E-state index contributed by atoms with van der Waals surface area (Å²) >= 11 is 0. The Morgan fingerprint density at radius 3 is 2.75 bits per heavy atom. The standard InChI is InChI=1S/C17H19FN4O2/c1-10-20-17(22-24-10)16(12-3-5-13(18)6-4-12)21-15(23)9-11-2-7-14(19)8-11/h2-7,11,14,16H,8-9,19H2,1H3,(H,21,23)/t11-,14+,16?/m0/s1. The van der Waals surface area contributed by atoms with E-state index >= 15 is 0 Å². The van der Waals surface area contributed by atoms with Gasteiger partial charge in [-0.3, -0.25) is 4.79 Å². The van der Waals surface area contributed by atoms with E-state index in [4.69, 9.17) is 10.3 Å². The Kier molecular flexibility index (Phi) is 4.71. The third-order valence-corrected chi connectivity index (χ3v) is 3.96. The fourth-order valence-electron chi connectivity index (χ4n) is 2.80. The Hall–Kier alpha value is -2.54. The van der Waals surface area contributed by atoms with Crippen LogP contribution in [0.1, 0.15) is 36.2 Å². The van der Waals surface area contributed by atoms with E-state index < -0.39 is 6.04 Å². The lowest BCUT2D eigenvalue weighted by molar-refractivity contribution is -0.122. The van der Waals surface area contributed by atoms with Crippen molar-refractivity contribution in [2.75, 3.05) is 0 Å².